The van der Waals surface area contributed by atoms with Crippen molar-refractivity contribution in [3.63, 3.8) is 0 Å². The molecule has 2 aliphatic rings. The Labute approximate surface area is 138 Å². The maximum absolute atomic E-state index is 6.82. The highest BCUT2D eigenvalue weighted by molar-refractivity contribution is 6.20. The zero-order chi connectivity index (χ0) is 15.1. The van der Waals surface area contributed by atoms with E-state index < -0.39 is 0 Å². The highest BCUT2D eigenvalue weighted by Crippen LogP contribution is 2.40. The average molecular weight is 313 g/mol. The Hall–Kier alpha value is 0.290. The molecule has 0 amide bonds. The van der Waals surface area contributed by atoms with Crippen LogP contribution in [-0.2, 0) is 0 Å². The van der Waals surface area contributed by atoms with Crippen molar-refractivity contribution in [3.8, 4) is 0 Å². The average Bonchev–Trinajstić information content (AvgIpc) is 2.50. The third-order valence-corrected chi connectivity index (χ3v) is 6.86. The van der Waals surface area contributed by atoms with E-state index in [-0.39, 0.29) is 0 Å². The minimum atomic E-state index is 0.473. The molecule has 0 aromatic carbocycles. The van der Waals surface area contributed by atoms with E-state index in [2.05, 4.69) is 13.8 Å². The van der Waals surface area contributed by atoms with Crippen LogP contribution in [0.4, 0.5) is 0 Å². The summed E-state index contributed by atoms with van der Waals surface area (Å²) in [6.07, 6.45) is 18.5. The molecule has 0 saturated heterocycles. The van der Waals surface area contributed by atoms with Crippen LogP contribution >= 0.6 is 11.6 Å². The highest BCUT2D eigenvalue weighted by Gasteiger charge is 2.29. The Balaban J connectivity index is 1.65. The van der Waals surface area contributed by atoms with E-state index >= 15 is 0 Å². The van der Waals surface area contributed by atoms with Gasteiger partial charge in [-0.1, -0.05) is 78.1 Å². The van der Waals surface area contributed by atoms with Crippen LogP contribution in [0.15, 0.2) is 0 Å². The van der Waals surface area contributed by atoms with Gasteiger partial charge in [0.05, 0.1) is 0 Å². The molecule has 21 heavy (non-hydrogen) atoms. The predicted octanol–water partition coefficient (Wildman–Crippen LogP) is 7.20. The normalized spacial score (nSPS) is 35.6. The van der Waals surface area contributed by atoms with Gasteiger partial charge in [0.15, 0.2) is 0 Å². The van der Waals surface area contributed by atoms with Crippen LogP contribution in [0.1, 0.15) is 97.3 Å². The molecule has 0 N–H and O–H groups in total. The van der Waals surface area contributed by atoms with Crippen LogP contribution in [0.5, 0.6) is 0 Å². The van der Waals surface area contributed by atoms with Gasteiger partial charge in [-0.05, 0) is 42.9 Å². The monoisotopic (exact) mass is 312 g/mol. The lowest BCUT2D eigenvalue weighted by atomic mass is 9.74. The zero-order valence-electron chi connectivity index (χ0n) is 14.5. The Kier molecular flexibility index (Phi) is 7.92. The summed E-state index contributed by atoms with van der Waals surface area (Å²) < 4.78 is 0. The van der Waals surface area contributed by atoms with Crippen LogP contribution in [0.25, 0.3) is 0 Å². The fraction of sp³-hybridized carbons (Fsp3) is 1.00. The molecule has 1 unspecified atom stereocenters. The van der Waals surface area contributed by atoms with E-state index in [1.54, 1.807) is 0 Å². The van der Waals surface area contributed by atoms with E-state index in [4.69, 9.17) is 11.6 Å². The molecule has 124 valence electrons. The fourth-order valence-corrected chi connectivity index (χ4v) is 5.43. The Morgan fingerprint density at radius 1 is 0.714 bits per heavy atom. The van der Waals surface area contributed by atoms with Gasteiger partial charge in [-0.2, -0.15) is 0 Å². The zero-order valence-corrected chi connectivity index (χ0v) is 15.2. The Morgan fingerprint density at radius 3 is 1.62 bits per heavy atom. The van der Waals surface area contributed by atoms with Crippen LogP contribution in [0.3, 0.4) is 0 Å². The minimum Gasteiger partial charge on any atom is -0.123 e. The number of hydrogen-bond acceptors (Lipinski definition) is 0. The third-order valence-electron chi connectivity index (χ3n) is 6.32. The van der Waals surface area contributed by atoms with E-state index in [0.717, 1.165) is 23.7 Å². The molecular weight excluding hydrogens is 276 g/mol. The second-order valence-corrected chi connectivity index (χ2v) is 8.56. The summed E-state index contributed by atoms with van der Waals surface area (Å²) in [7, 11) is 0. The molecule has 0 aliphatic heterocycles. The van der Waals surface area contributed by atoms with Gasteiger partial charge in [-0.3, -0.25) is 0 Å². The van der Waals surface area contributed by atoms with Gasteiger partial charge in [0.1, 0.15) is 0 Å². The first kappa shape index (κ1) is 17.6. The lowest BCUT2D eigenvalue weighted by Crippen LogP contribution is -2.25. The summed E-state index contributed by atoms with van der Waals surface area (Å²) in [6, 6.07) is 0. The second kappa shape index (κ2) is 9.43. The summed E-state index contributed by atoms with van der Waals surface area (Å²) in [5.41, 5.74) is 0. The van der Waals surface area contributed by atoms with Crippen molar-refractivity contribution in [2.45, 2.75) is 103 Å². The van der Waals surface area contributed by atoms with E-state index in [9.17, 15) is 0 Å². The summed E-state index contributed by atoms with van der Waals surface area (Å²) >= 11 is 6.82. The Bertz CT molecular complexity index is 259. The molecule has 1 atom stereocenters. The van der Waals surface area contributed by atoms with Crippen LogP contribution < -0.4 is 0 Å². The molecule has 0 spiro atoms. The van der Waals surface area contributed by atoms with Crippen molar-refractivity contribution in [3.05, 3.63) is 0 Å². The van der Waals surface area contributed by atoms with Crippen LogP contribution in [0.2, 0.25) is 0 Å². The van der Waals surface area contributed by atoms with Gasteiger partial charge in [-0.25, -0.2) is 0 Å². The molecule has 0 radical (unpaired) electrons. The van der Waals surface area contributed by atoms with Gasteiger partial charge in [0.2, 0.25) is 0 Å². The molecule has 0 aromatic heterocycles. The molecule has 0 bridgehead atoms. The maximum atomic E-state index is 6.82. The van der Waals surface area contributed by atoms with Crippen LogP contribution in [0, 0.1) is 23.7 Å². The van der Waals surface area contributed by atoms with Crippen molar-refractivity contribution in [2.75, 3.05) is 0 Å². The molecule has 2 aliphatic carbocycles. The molecule has 2 rings (SSSR count). The minimum absolute atomic E-state index is 0.473. The van der Waals surface area contributed by atoms with Gasteiger partial charge in [-0.15, -0.1) is 11.6 Å². The first-order valence-corrected chi connectivity index (χ1v) is 10.3. The number of hydrogen-bond donors (Lipinski definition) is 0. The first-order chi connectivity index (χ1) is 10.2. The van der Waals surface area contributed by atoms with Gasteiger partial charge >= 0.3 is 0 Å². The molecule has 0 heterocycles. The fourth-order valence-electron chi connectivity index (χ4n) is 4.92. The van der Waals surface area contributed by atoms with E-state index in [0.29, 0.717) is 5.38 Å². The molecule has 2 saturated carbocycles. The summed E-state index contributed by atoms with van der Waals surface area (Å²) in [4.78, 5) is 0. The molecule has 1 heteroatoms. The molecule has 0 aromatic rings. The van der Waals surface area contributed by atoms with Gasteiger partial charge < -0.3 is 0 Å². The second-order valence-electron chi connectivity index (χ2n) is 8.00. The summed E-state index contributed by atoms with van der Waals surface area (Å²) in [6.45, 7) is 4.65. The smallest absolute Gasteiger partial charge is 0.0366 e. The topological polar surface area (TPSA) is 0 Å². The van der Waals surface area contributed by atoms with Crippen molar-refractivity contribution >= 4 is 11.6 Å². The van der Waals surface area contributed by atoms with Crippen molar-refractivity contribution < 1.29 is 0 Å². The highest BCUT2D eigenvalue weighted by atomic mass is 35.5. The number of rotatable bonds is 7. The maximum Gasteiger partial charge on any atom is 0.0366 e. The van der Waals surface area contributed by atoms with Crippen molar-refractivity contribution in [1.82, 2.24) is 0 Å². The lowest BCUT2D eigenvalue weighted by molar-refractivity contribution is 0.212. The number of halogens is 1. The first-order valence-electron chi connectivity index (χ1n) is 9.86. The largest absolute Gasteiger partial charge is 0.123 e. The van der Waals surface area contributed by atoms with E-state index in [1.807, 2.05) is 0 Å². The third kappa shape index (κ3) is 5.77. The standard InChI is InChI=1S/C20H37Cl/c1-3-5-16-7-9-18(10-8-16)15-20(21)19-13-11-17(6-4-2)12-14-19/h16-20H,3-15H2,1-2H3/t16-,17-,18-,19-,20?. The SMILES string of the molecule is CCC[C@H]1CC[C@H](CC(Cl)[C@H]2CC[C@H](CCC)CC2)CC1. The number of alkyl halides is 1. The summed E-state index contributed by atoms with van der Waals surface area (Å²) in [5.74, 6) is 3.81. The molecule has 2 fully saturated rings. The predicted molar refractivity (Wildman–Crippen MR) is 95.0 cm³/mol. The van der Waals surface area contributed by atoms with Gasteiger partial charge in [0, 0.05) is 5.38 Å². The Morgan fingerprint density at radius 2 is 1.14 bits per heavy atom. The molecular formula is C20H37Cl. The quantitative estimate of drug-likeness (QED) is 0.436. The van der Waals surface area contributed by atoms with Crippen LogP contribution in [-0.4, -0.2) is 5.38 Å². The van der Waals surface area contributed by atoms with Crippen molar-refractivity contribution in [2.24, 2.45) is 23.7 Å². The molecule has 0 nitrogen and oxygen atoms in total. The summed E-state index contributed by atoms with van der Waals surface area (Å²) in [5, 5.41) is 0.473. The van der Waals surface area contributed by atoms with E-state index in [1.165, 1.54) is 83.5 Å². The van der Waals surface area contributed by atoms with Crippen molar-refractivity contribution in [1.29, 1.82) is 0 Å². The lowest BCUT2D eigenvalue weighted by Gasteiger charge is -2.34. The van der Waals surface area contributed by atoms with Gasteiger partial charge in [0.25, 0.3) is 0 Å².